The van der Waals surface area contributed by atoms with Crippen molar-refractivity contribution in [3.8, 4) is 11.8 Å². The maximum atomic E-state index is 10.5. The molecule has 0 aliphatic carbocycles. The van der Waals surface area contributed by atoms with Crippen LogP contribution in [0.1, 0.15) is 19.4 Å². The van der Waals surface area contributed by atoms with Gasteiger partial charge in [0.05, 0.1) is 5.56 Å². The quantitative estimate of drug-likeness (QED) is 0.831. The summed E-state index contributed by atoms with van der Waals surface area (Å²) in [6.07, 6.45) is 0. The molecule has 0 saturated carbocycles. The van der Waals surface area contributed by atoms with E-state index in [1.807, 2.05) is 26.0 Å². The van der Waals surface area contributed by atoms with Crippen molar-refractivity contribution in [2.24, 2.45) is 0 Å². The van der Waals surface area contributed by atoms with Crippen molar-refractivity contribution in [2.45, 2.75) is 13.8 Å². The van der Waals surface area contributed by atoms with E-state index in [9.17, 15) is 4.79 Å². The van der Waals surface area contributed by atoms with Gasteiger partial charge in [-0.15, -0.1) is 0 Å². The Balaban J connectivity index is 3.01. The summed E-state index contributed by atoms with van der Waals surface area (Å²) in [5, 5.41) is 17.5. The van der Waals surface area contributed by atoms with Crippen molar-refractivity contribution < 1.29 is 14.6 Å². The molecule has 0 atom stereocenters. The summed E-state index contributed by atoms with van der Waals surface area (Å²) in [5.74, 6) is -0.753. The summed E-state index contributed by atoms with van der Waals surface area (Å²) in [5.41, 5.74) is 1.26. The van der Waals surface area contributed by atoms with Gasteiger partial charge in [-0.3, -0.25) is 0 Å². The van der Waals surface area contributed by atoms with Gasteiger partial charge in [0.1, 0.15) is 11.8 Å². The summed E-state index contributed by atoms with van der Waals surface area (Å²) < 4.78 is 5.12. The molecule has 5 nitrogen and oxygen atoms in total. The van der Waals surface area contributed by atoms with Gasteiger partial charge in [-0.25, -0.2) is 4.79 Å². The summed E-state index contributed by atoms with van der Waals surface area (Å²) in [4.78, 5) is 12.6. The third-order valence-corrected chi connectivity index (χ3v) is 2.57. The summed E-state index contributed by atoms with van der Waals surface area (Å²) in [6, 6.07) is 7.16. The average Bonchev–Trinajstić information content (AvgIpc) is 2.38. The fraction of sp³-hybridized carbons (Fsp3) is 0.385. The number of hydrogen-bond donors (Lipinski definition) is 1. The number of rotatable bonds is 6. The van der Waals surface area contributed by atoms with Crippen LogP contribution in [-0.2, 0) is 4.79 Å². The van der Waals surface area contributed by atoms with Crippen LogP contribution in [0.2, 0.25) is 0 Å². The number of hydrogen-bond acceptors (Lipinski definition) is 4. The minimum Gasteiger partial charge on any atom is -0.480 e. The third kappa shape index (κ3) is 3.39. The number of anilines is 1. The smallest absolute Gasteiger partial charge is 0.341 e. The van der Waals surface area contributed by atoms with E-state index in [1.54, 1.807) is 12.1 Å². The van der Waals surface area contributed by atoms with Crippen LogP contribution in [0.25, 0.3) is 0 Å². The first-order valence-corrected chi connectivity index (χ1v) is 5.76. The van der Waals surface area contributed by atoms with Crippen LogP contribution in [0.5, 0.6) is 5.75 Å². The zero-order valence-corrected chi connectivity index (χ0v) is 10.5. The maximum Gasteiger partial charge on any atom is 0.341 e. The van der Waals surface area contributed by atoms with Crippen molar-refractivity contribution in [1.29, 1.82) is 5.26 Å². The molecule has 0 bridgehead atoms. The van der Waals surface area contributed by atoms with Gasteiger partial charge in [0.25, 0.3) is 0 Å². The van der Waals surface area contributed by atoms with Crippen molar-refractivity contribution in [3.05, 3.63) is 23.8 Å². The van der Waals surface area contributed by atoms with Gasteiger partial charge in [-0.2, -0.15) is 5.26 Å². The van der Waals surface area contributed by atoms with Gasteiger partial charge in [-0.1, -0.05) is 0 Å². The molecule has 1 aromatic carbocycles. The molecule has 0 aliphatic heterocycles. The lowest BCUT2D eigenvalue weighted by atomic mass is 10.2. The third-order valence-electron chi connectivity index (χ3n) is 2.57. The lowest BCUT2D eigenvalue weighted by Crippen LogP contribution is -2.22. The van der Waals surface area contributed by atoms with Gasteiger partial charge in [0.2, 0.25) is 0 Å². The molecule has 1 N–H and O–H groups in total. The van der Waals surface area contributed by atoms with Crippen LogP contribution in [0.4, 0.5) is 5.69 Å². The molecule has 0 aromatic heterocycles. The Morgan fingerprint density at radius 3 is 2.61 bits per heavy atom. The van der Waals surface area contributed by atoms with E-state index in [0.717, 1.165) is 18.8 Å². The Bertz CT molecular complexity index is 462. The van der Waals surface area contributed by atoms with Crippen molar-refractivity contribution in [1.82, 2.24) is 0 Å². The van der Waals surface area contributed by atoms with Gasteiger partial charge in [0, 0.05) is 24.8 Å². The predicted molar refractivity (Wildman–Crippen MR) is 67.8 cm³/mol. The van der Waals surface area contributed by atoms with Gasteiger partial charge in [0.15, 0.2) is 6.61 Å². The van der Waals surface area contributed by atoms with Gasteiger partial charge in [-0.05, 0) is 26.0 Å². The topological polar surface area (TPSA) is 73.6 Å². The molecule has 96 valence electrons. The van der Waals surface area contributed by atoms with Crippen LogP contribution >= 0.6 is 0 Å². The molecule has 0 unspecified atom stereocenters. The van der Waals surface area contributed by atoms with E-state index in [2.05, 4.69) is 4.90 Å². The molecule has 0 heterocycles. The maximum absolute atomic E-state index is 10.5. The zero-order valence-electron chi connectivity index (χ0n) is 10.5. The lowest BCUT2D eigenvalue weighted by Gasteiger charge is -2.21. The van der Waals surface area contributed by atoms with E-state index in [1.165, 1.54) is 0 Å². The molecule has 0 aliphatic rings. The molecule has 5 heteroatoms. The van der Waals surface area contributed by atoms with Crippen LogP contribution in [0, 0.1) is 11.3 Å². The Kier molecular flexibility index (Phi) is 5.00. The zero-order chi connectivity index (χ0) is 13.5. The Hall–Kier alpha value is -2.22. The summed E-state index contributed by atoms with van der Waals surface area (Å²) >= 11 is 0. The first kappa shape index (κ1) is 13.8. The molecule has 0 spiro atoms. The highest BCUT2D eigenvalue weighted by Crippen LogP contribution is 2.25. The van der Waals surface area contributed by atoms with E-state index >= 15 is 0 Å². The molecule has 0 radical (unpaired) electrons. The largest absolute Gasteiger partial charge is 0.480 e. The van der Waals surface area contributed by atoms with Crippen molar-refractivity contribution >= 4 is 11.7 Å². The second kappa shape index (κ2) is 6.50. The Morgan fingerprint density at radius 2 is 2.11 bits per heavy atom. The molecule has 0 fully saturated rings. The fourth-order valence-corrected chi connectivity index (χ4v) is 1.65. The Morgan fingerprint density at radius 1 is 1.44 bits per heavy atom. The summed E-state index contributed by atoms with van der Waals surface area (Å²) in [6.45, 7) is 5.27. The highest BCUT2D eigenvalue weighted by atomic mass is 16.5. The molecule has 0 saturated heterocycles. The fourth-order valence-electron chi connectivity index (χ4n) is 1.65. The average molecular weight is 248 g/mol. The highest BCUT2D eigenvalue weighted by Gasteiger charge is 2.09. The SMILES string of the molecule is CCN(CC)c1ccc(C#N)c(OCC(=O)O)c1. The van der Waals surface area contributed by atoms with Crippen LogP contribution in [0.3, 0.4) is 0 Å². The minimum atomic E-state index is -1.06. The van der Waals surface area contributed by atoms with Gasteiger partial charge >= 0.3 is 5.97 Å². The number of nitriles is 1. The predicted octanol–water partition coefficient (Wildman–Crippen LogP) is 1.87. The van der Waals surface area contributed by atoms with Crippen LogP contribution < -0.4 is 9.64 Å². The number of ether oxygens (including phenoxy) is 1. The first-order chi connectivity index (χ1) is 8.62. The van der Waals surface area contributed by atoms with E-state index < -0.39 is 12.6 Å². The molecule has 1 aromatic rings. The number of nitrogens with zero attached hydrogens (tertiary/aromatic N) is 2. The number of carbonyl (C=O) groups is 1. The van der Waals surface area contributed by atoms with Crippen LogP contribution in [0.15, 0.2) is 18.2 Å². The Labute approximate surface area is 106 Å². The molecular formula is C13H16N2O3. The van der Waals surface area contributed by atoms with E-state index in [0.29, 0.717) is 11.3 Å². The second-order valence-electron chi connectivity index (χ2n) is 3.65. The molecule has 1 rings (SSSR count). The monoisotopic (exact) mass is 248 g/mol. The molecule has 0 amide bonds. The van der Waals surface area contributed by atoms with E-state index in [4.69, 9.17) is 15.1 Å². The molecule has 18 heavy (non-hydrogen) atoms. The second-order valence-corrected chi connectivity index (χ2v) is 3.65. The highest BCUT2D eigenvalue weighted by molar-refractivity contribution is 5.69. The van der Waals surface area contributed by atoms with Crippen molar-refractivity contribution in [2.75, 3.05) is 24.6 Å². The number of carboxylic acids is 1. The lowest BCUT2D eigenvalue weighted by molar-refractivity contribution is -0.139. The number of benzene rings is 1. The number of aliphatic carboxylic acids is 1. The van der Waals surface area contributed by atoms with Crippen molar-refractivity contribution in [3.63, 3.8) is 0 Å². The standard InChI is InChI=1S/C13H16N2O3/c1-3-15(4-2)11-6-5-10(8-14)12(7-11)18-9-13(16)17/h5-7H,3-4,9H2,1-2H3,(H,16,17). The minimum absolute atomic E-state index is 0.310. The molecular weight excluding hydrogens is 232 g/mol. The van der Waals surface area contributed by atoms with E-state index in [-0.39, 0.29) is 0 Å². The van der Waals surface area contributed by atoms with Crippen LogP contribution in [-0.4, -0.2) is 30.8 Å². The number of carboxylic acid groups (broad SMARTS) is 1. The normalized spacial score (nSPS) is 9.61. The van der Waals surface area contributed by atoms with Gasteiger partial charge < -0.3 is 14.7 Å². The first-order valence-electron chi connectivity index (χ1n) is 5.76. The summed E-state index contributed by atoms with van der Waals surface area (Å²) in [7, 11) is 0.